The predicted molar refractivity (Wildman–Crippen MR) is 80.6 cm³/mol. The molecule has 0 bridgehead atoms. The highest BCUT2D eigenvalue weighted by molar-refractivity contribution is 5.87. The highest BCUT2D eigenvalue weighted by Crippen LogP contribution is 2.35. The van der Waals surface area contributed by atoms with Gasteiger partial charge in [-0.3, -0.25) is 0 Å². The molecule has 1 aromatic heterocycles. The van der Waals surface area contributed by atoms with E-state index in [-0.39, 0.29) is 5.56 Å². The van der Waals surface area contributed by atoms with Crippen LogP contribution in [0, 0.1) is 18.3 Å². The molecule has 22 heavy (non-hydrogen) atoms. The molecule has 0 aliphatic rings. The summed E-state index contributed by atoms with van der Waals surface area (Å²) in [6.07, 6.45) is -2.80. The van der Waals surface area contributed by atoms with Crippen molar-refractivity contribution in [3.63, 3.8) is 0 Å². The van der Waals surface area contributed by atoms with E-state index in [1.165, 1.54) is 20.3 Å². The third kappa shape index (κ3) is 3.08. The third-order valence-electron chi connectivity index (χ3n) is 3.10. The first-order chi connectivity index (χ1) is 10.5. The Morgan fingerprint density at radius 2 is 1.68 bits per heavy atom. The SMILES string of the molecule is CC.COc1cc2nc(C(F)F)c(C#N)c(C)c2cc1OC. The van der Waals surface area contributed by atoms with Gasteiger partial charge < -0.3 is 9.47 Å². The number of hydrogen-bond acceptors (Lipinski definition) is 4. The molecule has 2 rings (SSSR count). The van der Waals surface area contributed by atoms with E-state index in [1.807, 2.05) is 13.8 Å². The summed E-state index contributed by atoms with van der Waals surface area (Å²) in [5.74, 6) is 0.857. The summed E-state index contributed by atoms with van der Waals surface area (Å²) in [6.45, 7) is 5.61. The fourth-order valence-corrected chi connectivity index (χ4v) is 2.07. The molecule has 0 aliphatic heterocycles. The van der Waals surface area contributed by atoms with Gasteiger partial charge in [-0.25, -0.2) is 13.8 Å². The Bertz CT molecular complexity index is 710. The quantitative estimate of drug-likeness (QED) is 0.843. The van der Waals surface area contributed by atoms with Crippen LogP contribution in [0.3, 0.4) is 0 Å². The maximum absolute atomic E-state index is 13.0. The summed E-state index contributed by atoms with van der Waals surface area (Å²) in [5, 5.41) is 9.64. The number of rotatable bonds is 3. The molecule has 0 unspecified atom stereocenters. The molecule has 6 heteroatoms. The Morgan fingerprint density at radius 3 is 2.14 bits per heavy atom. The minimum Gasteiger partial charge on any atom is -0.493 e. The van der Waals surface area contributed by atoms with Crippen LogP contribution in [0.15, 0.2) is 12.1 Å². The van der Waals surface area contributed by atoms with Crippen LogP contribution in [0.5, 0.6) is 11.5 Å². The number of fused-ring (bicyclic) bond motifs is 1. The lowest BCUT2D eigenvalue weighted by atomic mass is 10.0. The van der Waals surface area contributed by atoms with Crippen molar-refractivity contribution in [3.05, 3.63) is 29.0 Å². The summed E-state index contributed by atoms with van der Waals surface area (Å²) in [7, 11) is 2.93. The first kappa shape index (κ1) is 17.6. The van der Waals surface area contributed by atoms with Gasteiger partial charge in [0.05, 0.1) is 25.3 Å². The van der Waals surface area contributed by atoms with Crippen LogP contribution in [0.2, 0.25) is 0 Å². The number of aromatic nitrogens is 1. The summed E-state index contributed by atoms with van der Waals surface area (Å²) < 4.78 is 36.3. The van der Waals surface area contributed by atoms with Gasteiger partial charge in [0, 0.05) is 11.5 Å². The number of aryl methyl sites for hydroxylation is 1. The van der Waals surface area contributed by atoms with Crippen LogP contribution in [-0.4, -0.2) is 19.2 Å². The normalized spacial score (nSPS) is 9.95. The average Bonchev–Trinajstić information content (AvgIpc) is 2.55. The number of methoxy groups -OCH3 is 2. The summed E-state index contributed by atoms with van der Waals surface area (Å²) >= 11 is 0. The molecule has 0 atom stereocenters. The molecule has 0 amide bonds. The van der Waals surface area contributed by atoms with Gasteiger partial charge in [0.1, 0.15) is 11.8 Å². The molecule has 0 N–H and O–H groups in total. The molecule has 1 heterocycles. The Balaban J connectivity index is 0.00000116. The molecular weight excluding hydrogens is 290 g/mol. The monoisotopic (exact) mass is 308 g/mol. The van der Waals surface area contributed by atoms with Crippen LogP contribution >= 0.6 is 0 Å². The maximum atomic E-state index is 13.0. The summed E-state index contributed by atoms with van der Waals surface area (Å²) in [5.41, 5.74) is 0.188. The molecule has 0 radical (unpaired) electrons. The predicted octanol–water partition coefficient (Wildman–Crippen LogP) is 4.40. The molecule has 1 aromatic carbocycles. The Morgan fingerprint density at radius 1 is 1.14 bits per heavy atom. The minimum absolute atomic E-state index is 0.0975. The number of ether oxygens (including phenoxy) is 2. The fourth-order valence-electron chi connectivity index (χ4n) is 2.07. The van der Waals surface area contributed by atoms with Crippen LogP contribution in [0.25, 0.3) is 10.9 Å². The standard InChI is InChI=1S/C14H12F2N2O2.C2H6/c1-7-8-4-11(19-2)12(20-3)5-10(8)18-13(14(15)16)9(7)6-17;1-2/h4-5,14H,1-3H3;1-2H3. The average molecular weight is 308 g/mol. The zero-order valence-electron chi connectivity index (χ0n) is 13.2. The number of nitrogens with zero attached hydrogens (tertiary/aromatic N) is 2. The molecular formula is C16H18F2N2O2. The second-order valence-electron chi connectivity index (χ2n) is 4.13. The van der Waals surface area contributed by atoms with Crippen molar-refractivity contribution in [2.24, 2.45) is 0 Å². The van der Waals surface area contributed by atoms with E-state index in [2.05, 4.69) is 4.98 Å². The van der Waals surface area contributed by atoms with E-state index in [1.54, 1.807) is 19.1 Å². The first-order valence-corrected chi connectivity index (χ1v) is 6.78. The number of alkyl halides is 2. The van der Waals surface area contributed by atoms with E-state index >= 15 is 0 Å². The second-order valence-corrected chi connectivity index (χ2v) is 4.13. The second kappa shape index (κ2) is 7.55. The highest BCUT2D eigenvalue weighted by Gasteiger charge is 2.20. The van der Waals surface area contributed by atoms with E-state index in [0.29, 0.717) is 28.0 Å². The van der Waals surface area contributed by atoms with Gasteiger partial charge in [-0.05, 0) is 18.6 Å². The number of nitriles is 1. The summed E-state index contributed by atoms with van der Waals surface area (Å²) in [4.78, 5) is 3.88. The molecule has 0 aliphatic carbocycles. The molecule has 0 spiro atoms. The van der Waals surface area contributed by atoms with Gasteiger partial charge in [-0.1, -0.05) is 13.8 Å². The lowest BCUT2D eigenvalue weighted by Crippen LogP contribution is -2.01. The van der Waals surface area contributed by atoms with Crippen LogP contribution in [-0.2, 0) is 0 Å². The molecule has 0 saturated heterocycles. The van der Waals surface area contributed by atoms with E-state index in [0.717, 1.165) is 0 Å². The van der Waals surface area contributed by atoms with Crippen molar-refractivity contribution in [2.45, 2.75) is 27.2 Å². The first-order valence-electron chi connectivity index (χ1n) is 6.78. The van der Waals surface area contributed by atoms with Gasteiger partial charge in [0.15, 0.2) is 11.5 Å². The maximum Gasteiger partial charge on any atom is 0.281 e. The van der Waals surface area contributed by atoms with Crippen molar-refractivity contribution in [1.29, 1.82) is 5.26 Å². The smallest absolute Gasteiger partial charge is 0.281 e. The van der Waals surface area contributed by atoms with Crippen molar-refractivity contribution in [2.75, 3.05) is 14.2 Å². The third-order valence-corrected chi connectivity index (χ3v) is 3.10. The Hall–Kier alpha value is -2.42. The Labute approximate surface area is 128 Å². The van der Waals surface area contributed by atoms with Gasteiger partial charge in [0.2, 0.25) is 0 Å². The number of benzene rings is 1. The zero-order valence-corrected chi connectivity index (χ0v) is 13.2. The van der Waals surface area contributed by atoms with Gasteiger partial charge in [0.25, 0.3) is 6.43 Å². The number of pyridine rings is 1. The van der Waals surface area contributed by atoms with Crippen molar-refractivity contribution in [3.8, 4) is 17.6 Å². The van der Waals surface area contributed by atoms with E-state index in [4.69, 9.17) is 14.7 Å². The summed E-state index contributed by atoms with van der Waals surface area (Å²) in [6, 6.07) is 4.94. The largest absolute Gasteiger partial charge is 0.493 e. The van der Waals surface area contributed by atoms with Crippen LogP contribution in [0.1, 0.15) is 37.1 Å². The zero-order chi connectivity index (χ0) is 16.9. The number of halogens is 2. The fraction of sp³-hybridized carbons (Fsp3) is 0.375. The highest BCUT2D eigenvalue weighted by atomic mass is 19.3. The molecule has 4 nitrogen and oxygen atoms in total. The van der Waals surface area contributed by atoms with E-state index in [9.17, 15) is 8.78 Å². The van der Waals surface area contributed by atoms with Crippen molar-refractivity contribution in [1.82, 2.24) is 4.98 Å². The molecule has 118 valence electrons. The van der Waals surface area contributed by atoms with Crippen LogP contribution in [0.4, 0.5) is 8.78 Å². The lowest BCUT2D eigenvalue weighted by molar-refractivity contribution is 0.146. The van der Waals surface area contributed by atoms with E-state index < -0.39 is 12.1 Å². The van der Waals surface area contributed by atoms with Gasteiger partial charge in [-0.2, -0.15) is 5.26 Å². The van der Waals surface area contributed by atoms with Crippen molar-refractivity contribution < 1.29 is 18.3 Å². The van der Waals surface area contributed by atoms with Crippen LogP contribution < -0.4 is 9.47 Å². The topological polar surface area (TPSA) is 55.1 Å². The van der Waals surface area contributed by atoms with Gasteiger partial charge in [-0.15, -0.1) is 0 Å². The minimum atomic E-state index is -2.80. The lowest BCUT2D eigenvalue weighted by Gasteiger charge is -2.13. The molecule has 2 aromatic rings. The Kier molecular flexibility index (Phi) is 6.05. The van der Waals surface area contributed by atoms with Crippen molar-refractivity contribution >= 4 is 10.9 Å². The number of hydrogen-bond donors (Lipinski definition) is 0. The molecule has 0 fully saturated rings. The van der Waals surface area contributed by atoms with Gasteiger partial charge >= 0.3 is 0 Å². The molecule has 0 saturated carbocycles.